The number of hydrogen-bond acceptors (Lipinski definition) is 0. The lowest BCUT2D eigenvalue weighted by molar-refractivity contribution is 0.229. The minimum absolute atomic E-state index is 0.669. The second-order valence-corrected chi connectivity index (χ2v) is 6.30. The molecule has 0 spiro atoms. The fraction of sp³-hybridized carbons (Fsp3) is 0.474. The van der Waals surface area contributed by atoms with E-state index in [4.69, 9.17) is 0 Å². The standard InChI is InChI=1S/C19H24/c1-4-13(2)16-7-5-15(6-8-16)11-14(3)19-12-17-9-10-18(17)19/h5-8,12-13,17-18H,3-4,9-11H2,1-2H3. The van der Waals surface area contributed by atoms with Gasteiger partial charge in [0.25, 0.3) is 0 Å². The van der Waals surface area contributed by atoms with Gasteiger partial charge in [-0.05, 0) is 65.7 Å². The summed E-state index contributed by atoms with van der Waals surface area (Å²) in [5.41, 5.74) is 5.76. The second-order valence-electron chi connectivity index (χ2n) is 6.30. The van der Waals surface area contributed by atoms with Crippen LogP contribution in [-0.4, -0.2) is 0 Å². The van der Waals surface area contributed by atoms with Gasteiger partial charge in [0.2, 0.25) is 0 Å². The van der Waals surface area contributed by atoms with Crippen LogP contribution < -0.4 is 0 Å². The Labute approximate surface area is 117 Å². The molecular weight excluding hydrogens is 228 g/mol. The summed E-state index contributed by atoms with van der Waals surface area (Å²) in [7, 11) is 0. The summed E-state index contributed by atoms with van der Waals surface area (Å²) in [5, 5.41) is 0. The van der Waals surface area contributed by atoms with Crippen LogP contribution in [0.3, 0.4) is 0 Å². The van der Waals surface area contributed by atoms with Crippen molar-refractivity contribution in [2.24, 2.45) is 11.8 Å². The molecule has 1 aromatic carbocycles. The quantitative estimate of drug-likeness (QED) is 0.670. The van der Waals surface area contributed by atoms with Crippen molar-refractivity contribution in [1.29, 1.82) is 0 Å². The molecule has 3 unspecified atom stereocenters. The molecule has 0 nitrogen and oxygen atoms in total. The van der Waals surface area contributed by atoms with Gasteiger partial charge in [-0.15, -0.1) is 0 Å². The first-order valence-electron chi connectivity index (χ1n) is 7.67. The maximum Gasteiger partial charge on any atom is -0.00289 e. The van der Waals surface area contributed by atoms with Crippen molar-refractivity contribution >= 4 is 0 Å². The molecule has 19 heavy (non-hydrogen) atoms. The lowest BCUT2D eigenvalue weighted by Gasteiger charge is -2.46. The van der Waals surface area contributed by atoms with E-state index < -0.39 is 0 Å². The Bertz CT molecular complexity index is 503. The Morgan fingerprint density at radius 1 is 1.26 bits per heavy atom. The Morgan fingerprint density at radius 2 is 2.00 bits per heavy atom. The van der Waals surface area contributed by atoms with Crippen molar-refractivity contribution in [3.05, 3.63) is 59.2 Å². The van der Waals surface area contributed by atoms with Crippen LogP contribution in [0.15, 0.2) is 48.1 Å². The molecule has 0 bridgehead atoms. The lowest BCUT2D eigenvalue weighted by atomic mass is 9.59. The molecule has 2 aliphatic carbocycles. The van der Waals surface area contributed by atoms with E-state index >= 15 is 0 Å². The third-order valence-corrected chi connectivity index (χ3v) is 5.11. The molecule has 3 atom stereocenters. The van der Waals surface area contributed by atoms with E-state index in [-0.39, 0.29) is 0 Å². The van der Waals surface area contributed by atoms with Crippen molar-refractivity contribution < 1.29 is 0 Å². The molecule has 3 rings (SSSR count). The van der Waals surface area contributed by atoms with Gasteiger partial charge >= 0.3 is 0 Å². The second kappa shape index (κ2) is 5.00. The van der Waals surface area contributed by atoms with E-state index in [9.17, 15) is 0 Å². The third kappa shape index (κ3) is 2.29. The summed E-state index contributed by atoms with van der Waals surface area (Å²) in [5.74, 6) is 2.44. The number of hydrogen-bond donors (Lipinski definition) is 0. The van der Waals surface area contributed by atoms with Crippen LogP contribution in [0.25, 0.3) is 0 Å². The number of rotatable bonds is 5. The van der Waals surface area contributed by atoms with Crippen molar-refractivity contribution in [2.45, 2.75) is 45.4 Å². The third-order valence-electron chi connectivity index (χ3n) is 5.11. The zero-order valence-corrected chi connectivity index (χ0v) is 12.2. The molecule has 0 aromatic heterocycles. The van der Waals surface area contributed by atoms with Crippen LogP contribution in [0.5, 0.6) is 0 Å². The van der Waals surface area contributed by atoms with Gasteiger partial charge in [0.05, 0.1) is 0 Å². The van der Waals surface area contributed by atoms with Crippen LogP contribution >= 0.6 is 0 Å². The minimum atomic E-state index is 0.669. The maximum absolute atomic E-state index is 4.30. The van der Waals surface area contributed by atoms with Crippen molar-refractivity contribution in [2.75, 3.05) is 0 Å². The zero-order valence-electron chi connectivity index (χ0n) is 12.2. The van der Waals surface area contributed by atoms with Gasteiger partial charge in [-0.1, -0.05) is 50.8 Å². The first-order chi connectivity index (χ1) is 9.19. The SMILES string of the molecule is C=C(Cc1ccc(C(C)CC)cc1)C1=CC2CCC12. The zero-order chi connectivity index (χ0) is 13.4. The smallest absolute Gasteiger partial charge is 0.00289 e. The van der Waals surface area contributed by atoms with Crippen molar-refractivity contribution in [3.63, 3.8) is 0 Å². The number of fused-ring (bicyclic) bond motifs is 1. The predicted octanol–water partition coefficient (Wildman–Crippen LogP) is 5.27. The van der Waals surface area contributed by atoms with E-state index in [1.807, 2.05) is 0 Å². The van der Waals surface area contributed by atoms with Crippen LogP contribution in [0.2, 0.25) is 0 Å². The highest BCUT2D eigenvalue weighted by Crippen LogP contribution is 2.51. The molecule has 0 radical (unpaired) electrons. The fourth-order valence-corrected chi connectivity index (χ4v) is 3.28. The molecule has 0 heterocycles. The predicted molar refractivity (Wildman–Crippen MR) is 82.3 cm³/mol. The average molecular weight is 252 g/mol. The number of allylic oxidation sites excluding steroid dienone is 3. The van der Waals surface area contributed by atoms with Crippen LogP contribution in [-0.2, 0) is 6.42 Å². The molecule has 0 amide bonds. The van der Waals surface area contributed by atoms with Gasteiger partial charge in [0.15, 0.2) is 0 Å². The summed E-state index contributed by atoms with van der Waals surface area (Å²) < 4.78 is 0. The normalized spacial score (nSPS) is 25.7. The first kappa shape index (κ1) is 12.7. The molecule has 1 fully saturated rings. The molecular formula is C19H24. The summed E-state index contributed by atoms with van der Waals surface area (Å²) in [4.78, 5) is 0. The van der Waals surface area contributed by atoms with Gasteiger partial charge in [0, 0.05) is 0 Å². The van der Waals surface area contributed by atoms with Gasteiger partial charge in [-0.25, -0.2) is 0 Å². The van der Waals surface area contributed by atoms with Crippen molar-refractivity contribution in [1.82, 2.24) is 0 Å². The molecule has 0 aliphatic heterocycles. The van der Waals surface area contributed by atoms with E-state index in [1.54, 1.807) is 5.57 Å². The van der Waals surface area contributed by atoms with Gasteiger partial charge in [-0.2, -0.15) is 0 Å². The Hall–Kier alpha value is -1.30. The van der Waals surface area contributed by atoms with Gasteiger partial charge < -0.3 is 0 Å². The van der Waals surface area contributed by atoms with Crippen molar-refractivity contribution in [3.8, 4) is 0 Å². The molecule has 0 N–H and O–H groups in total. The molecule has 0 heteroatoms. The summed E-state index contributed by atoms with van der Waals surface area (Å²) in [6.07, 6.45) is 7.48. The van der Waals surface area contributed by atoms with E-state index in [0.29, 0.717) is 5.92 Å². The molecule has 2 aliphatic rings. The van der Waals surface area contributed by atoms with Crippen LogP contribution in [0.4, 0.5) is 0 Å². The summed E-state index contributed by atoms with van der Waals surface area (Å²) in [6, 6.07) is 9.14. The van der Waals surface area contributed by atoms with Crippen LogP contribution in [0, 0.1) is 11.8 Å². The Balaban J connectivity index is 1.64. The highest BCUT2D eigenvalue weighted by Gasteiger charge is 2.40. The fourth-order valence-electron chi connectivity index (χ4n) is 3.28. The highest BCUT2D eigenvalue weighted by molar-refractivity contribution is 5.44. The Morgan fingerprint density at radius 3 is 2.47 bits per heavy atom. The average Bonchev–Trinajstić information content (AvgIpc) is 2.41. The van der Waals surface area contributed by atoms with E-state index in [1.165, 1.54) is 36.0 Å². The highest BCUT2D eigenvalue weighted by atomic mass is 14.4. The molecule has 1 saturated carbocycles. The summed E-state index contributed by atoms with van der Waals surface area (Å²) in [6.45, 7) is 8.84. The molecule has 100 valence electrons. The lowest BCUT2D eigenvalue weighted by Crippen LogP contribution is -2.35. The Kier molecular flexibility index (Phi) is 3.35. The van der Waals surface area contributed by atoms with Crippen LogP contribution in [0.1, 0.15) is 50.2 Å². The molecule has 1 aromatic rings. The van der Waals surface area contributed by atoms with E-state index in [2.05, 4.69) is 50.8 Å². The minimum Gasteiger partial charge on any atom is -0.0952 e. The van der Waals surface area contributed by atoms with Gasteiger partial charge in [-0.3, -0.25) is 0 Å². The monoisotopic (exact) mass is 252 g/mol. The van der Waals surface area contributed by atoms with Gasteiger partial charge in [0.1, 0.15) is 0 Å². The van der Waals surface area contributed by atoms with E-state index in [0.717, 1.165) is 18.3 Å². The summed E-state index contributed by atoms with van der Waals surface area (Å²) >= 11 is 0. The largest absolute Gasteiger partial charge is 0.0952 e. The number of benzene rings is 1. The topological polar surface area (TPSA) is 0 Å². The molecule has 0 saturated heterocycles. The maximum atomic E-state index is 4.30. The first-order valence-corrected chi connectivity index (χ1v) is 7.67.